The zero-order chi connectivity index (χ0) is 15.1. The Balaban J connectivity index is 1.86. The van der Waals surface area contributed by atoms with Crippen LogP contribution in [0.4, 0.5) is 4.79 Å². The van der Waals surface area contributed by atoms with Crippen molar-refractivity contribution in [2.45, 2.75) is 50.7 Å². The van der Waals surface area contributed by atoms with E-state index in [0.29, 0.717) is 0 Å². The lowest BCUT2D eigenvalue weighted by atomic mass is 9.98. The number of rotatable bonds is 5. The van der Waals surface area contributed by atoms with Crippen molar-refractivity contribution in [3.05, 3.63) is 35.9 Å². The van der Waals surface area contributed by atoms with E-state index < -0.39 is 18.1 Å². The first-order chi connectivity index (χ1) is 10.1. The molecule has 1 fully saturated rings. The Kier molecular flexibility index (Phi) is 5.60. The van der Waals surface area contributed by atoms with E-state index in [2.05, 4.69) is 5.32 Å². The van der Waals surface area contributed by atoms with Gasteiger partial charge in [0, 0.05) is 6.42 Å². The van der Waals surface area contributed by atoms with E-state index in [-0.39, 0.29) is 12.5 Å². The molecule has 0 saturated heterocycles. The average molecular weight is 291 g/mol. The number of aliphatic carboxylic acids is 1. The number of carboxylic acids is 1. The Labute approximate surface area is 124 Å². The van der Waals surface area contributed by atoms with Crippen LogP contribution >= 0.6 is 0 Å². The number of hydrogen-bond acceptors (Lipinski definition) is 3. The molecule has 1 atom stereocenters. The molecule has 1 aromatic carbocycles. The van der Waals surface area contributed by atoms with Crippen LogP contribution in [0.25, 0.3) is 0 Å². The molecule has 21 heavy (non-hydrogen) atoms. The van der Waals surface area contributed by atoms with Gasteiger partial charge >= 0.3 is 12.1 Å². The Morgan fingerprint density at radius 1 is 1.19 bits per heavy atom. The molecule has 5 heteroatoms. The summed E-state index contributed by atoms with van der Waals surface area (Å²) in [7, 11) is 0. The summed E-state index contributed by atoms with van der Waals surface area (Å²) in [6, 6.07) is 8.25. The van der Waals surface area contributed by atoms with Gasteiger partial charge in [0.15, 0.2) is 0 Å². The predicted molar refractivity (Wildman–Crippen MR) is 78.1 cm³/mol. The predicted octanol–water partition coefficient (Wildman–Crippen LogP) is 2.74. The monoisotopic (exact) mass is 291 g/mol. The van der Waals surface area contributed by atoms with Gasteiger partial charge in [-0.1, -0.05) is 36.8 Å². The molecule has 1 aliphatic rings. The lowest BCUT2D eigenvalue weighted by Gasteiger charge is -2.23. The highest BCUT2D eigenvalue weighted by molar-refractivity contribution is 5.80. The second kappa shape index (κ2) is 7.67. The first-order valence-electron chi connectivity index (χ1n) is 7.39. The fourth-order valence-corrected chi connectivity index (χ4v) is 2.56. The molecule has 2 N–H and O–H groups in total. The topological polar surface area (TPSA) is 75.6 Å². The lowest BCUT2D eigenvalue weighted by Crippen LogP contribution is -2.43. The van der Waals surface area contributed by atoms with Crippen molar-refractivity contribution < 1.29 is 19.4 Å². The molecule has 2 rings (SSSR count). The van der Waals surface area contributed by atoms with Crippen LogP contribution in [0, 0.1) is 0 Å². The van der Waals surface area contributed by atoms with E-state index >= 15 is 0 Å². The highest BCUT2D eigenvalue weighted by Gasteiger charge is 2.23. The molecule has 1 saturated carbocycles. The first kappa shape index (κ1) is 15.4. The molecule has 0 aromatic heterocycles. The van der Waals surface area contributed by atoms with Crippen LogP contribution in [0.1, 0.15) is 37.7 Å². The highest BCUT2D eigenvalue weighted by atomic mass is 16.6. The molecule has 1 aliphatic carbocycles. The lowest BCUT2D eigenvalue weighted by molar-refractivity contribution is -0.139. The second-order valence-electron chi connectivity index (χ2n) is 5.39. The minimum absolute atomic E-state index is 0.0788. The summed E-state index contributed by atoms with van der Waals surface area (Å²) in [4.78, 5) is 23.1. The fraction of sp³-hybridized carbons (Fsp3) is 0.500. The van der Waals surface area contributed by atoms with Crippen molar-refractivity contribution in [1.29, 1.82) is 0 Å². The van der Waals surface area contributed by atoms with Crippen molar-refractivity contribution in [3.8, 4) is 0 Å². The maximum atomic E-state index is 11.8. The van der Waals surface area contributed by atoms with E-state index in [1.54, 1.807) is 0 Å². The number of benzene rings is 1. The van der Waals surface area contributed by atoms with Gasteiger partial charge in [0.2, 0.25) is 0 Å². The average Bonchev–Trinajstić information content (AvgIpc) is 2.48. The van der Waals surface area contributed by atoms with E-state index in [0.717, 1.165) is 31.2 Å². The van der Waals surface area contributed by atoms with Crippen molar-refractivity contribution in [2.24, 2.45) is 0 Å². The van der Waals surface area contributed by atoms with Gasteiger partial charge in [-0.05, 0) is 31.2 Å². The molecule has 0 radical (unpaired) electrons. The summed E-state index contributed by atoms with van der Waals surface area (Å²) in [6.45, 7) is 0. The number of carboxylic acid groups (broad SMARTS) is 1. The molecule has 1 aromatic rings. The van der Waals surface area contributed by atoms with Crippen LogP contribution in [0.15, 0.2) is 30.3 Å². The van der Waals surface area contributed by atoms with Crippen molar-refractivity contribution >= 4 is 12.1 Å². The van der Waals surface area contributed by atoms with Crippen LogP contribution in [0.3, 0.4) is 0 Å². The number of hydrogen-bond donors (Lipinski definition) is 2. The fourth-order valence-electron chi connectivity index (χ4n) is 2.56. The minimum Gasteiger partial charge on any atom is -0.480 e. The minimum atomic E-state index is -1.06. The summed E-state index contributed by atoms with van der Waals surface area (Å²) in [5, 5.41) is 11.7. The van der Waals surface area contributed by atoms with E-state index in [9.17, 15) is 14.7 Å². The van der Waals surface area contributed by atoms with Gasteiger partial charge in [0.05, 0.1) is 0 Å². The third kappa shape index (κ3) is 5.10. The maximum absolute atomic E-state index is 11.8. The summed E-state index contributed by atoms with van der Waals surface area (Å²) < 4.78 is 5.30. The molecule has 0 heterocycles. The largest absolute Gasteiger partial charge is 0.480 e. The molecule has 114 valence electrons. The van der Waals surface area contributed by atoms with Gasteiger partial charge in [-0.3, -0.25) is 0 Å². The molecule has 0 aliphatic heterocycles. The summed E-state index contributed by atoms with van der Waals surface area (Å²) in [5.41, 5.74) is 0.864. The van der Waals surface area contributed by atoms with E-state index in [4.69, 9.17) is 4.74 Å². The Bertz CT molecular complexity index is 468. The van der Waals surface area contributed by atoms with Gasteiger partial charge < -0.3 is 15.2 Å². The highest BCUT2D eigenvalue weighted by Crippen LogP contribution is 2.20. The van der Waals surface area contributed by atoms with Gasteiger partial charge in [-0.25, -0.2) is 9.59 Å². The van der Waals surface area contributed by atoms with Crippen LogP contribution in [0.5, 0.6) is 0 Å². The maximum Gasteiger partial charge on any atom is 0.408 e. The zero-order valence-electron chi connectivity index (χ0n) is 12.0. The van der Waals surface area contributed by atoms with Crippen molar-refractivity contribution in [2.75, 3.05) is 0 Å². The molecule has 0 bridgehead atoms. The molecule has 1 amide bonds. The van der Waals surface area contributed by atoms with E-state index in [1.165, 1.54) is 6.42 Å². The number of nitrogens with one attached hydrogen (secondary N) is 1. The Morgan fingerprint density at radius 3 is 2.48 bits per heavy atom. The van der Waals surface area contributed by atoms with E-state index in [1.807, 2.05) is 30.3 Å². The van der Waals surface area contributed by atoms with Crippen LogP contribution in [0.2, 0.25) is 0 Å². The third-order valence-electron chi connectivity index (χ3n) is 3.70. The third-order valence-corrected chi connectivity index (χ3v) is 3.70. The van der Waals surface area contributed by atoms with Crippen LogP contribution < -0.4 is 5.32 Å². The van der Waals surface area contributed by atoms with Gasteiger partial charge in [-0.15, -0.1) is 0 Å². The smallest absolute Gasteiger partial charge is 0.408 e. The Morgan fingerprint density at radius 2 is 1.86 bits per heavy atom. The normalized spacial score (nSPS) is 17.0. The molecular formula is C16H21NO4. The second-order valence-corrected chi connectivity index (χ2v) is 5.39. The summed E-state index contributed by atoms with van der Waals surface area (Å²) in [6.07, 6.45) is 4.56. The van der Waals surface area contributed by atoms with Gasteiger partial charge in [0.25, 0.3) is 0 Å². The molecule has 0 unspecified atom stereocenters. The quantitative estimate of drug-likeness (QED) is 0.874. The number of carbonyl (C=O) groups excluding carboxylic acids is 1. The zero-order valence-corrected chi connectivity index (χ0v) is 12.0. The first-order valence-corrected chi connectivity index (χ1v) is 7.39. The summed E-state index contributed by atoms with van der Waals surface area (Å²) >= 11 is 0. The van der Waals surface area contributed by atoms with Crippen LogP contribution in [-0.4, -0.2) is 29.3 Å². The summed E-state index contributed by atoms with van der Waals surface area (Å²) in [5.74, 6) is -1.06. The number of amides is 1. The van der Waals surface area contributed by atoms with Gasteiger partial charge in [-0.2, -0.15) is 0 Å². The SMILES string of the molecule is O=C(N[C@@H](Cc1ccccc1)C(=O)O)OC1CCCCC1. The Hall–Kier alpha value is -2.04. The molecule has 5 nitrogen and oxygen atoms in total. The number of alkyl carbamates (subject to hydrolysis) is 1. The van der Waals surface area contributed by atoms with Crippen molar-refractivity contribution in [3.63, 3.8) is 0 Å². The standard InChI is InChI=1S/C16H21NO4/c18-15(19)14(11-12-7-3-1-4-8-12)17-16(20)21-13-9-5-2-6-10-13/h1,3-4,7-8,13-14H,2,5-6,9-11H2,(H,17,20)(H,18,19)/t14-/m0/s1. The van der Waals surface area contributed by atoms with Crippen molar-refractivity contribution in [1.82, 2.24) is 5.32 Å². The number of ether oxygens (including phenoxy) is 1. The molecule has 0 spiro atoms. The number of carbonyl (C=O) groups is 2. The van der Waals surface area contributed by atoms with Crippen LogP contribution in [-0.2, 0) is 16.0 Å². The molecular weight excluding hydrogens is 270 g/mol. The van der Waals surface area contributed by atoms with Gasteiger partial charge in [0.1, 0.15) is 12.1 Å².